The van der Waals surface area contributed by atoms with E-state index in [1.807, 2.05) is 24.3 Å². The van der Waals surface area contributed by atoms with E-state index in [4.69, 9.17) is 10.5 Å². The van der Waals surface area contributed by atoms with E-state index in [0.717, 1.165) is 56.3 Å². The highest BCUT2D eigenvalue weighted by molar-refractivity contribution is 5.83. The number of primary amides is 1. The van der Waals surface area contributed by atoms with E-state index < -0.39 is 6.10 Å². The van der Waals surface area contributed by atoms with Gasteiger partial charge in [-0.15, -0.1) is 0 Å². The molecule has 0 radical (unpaired) electrons. The number of aliphatic hydroxyl groups is 1. The number of carbonyl (C=O) groups excluding carboxylic acids is 2. The molecule has 4 aliphatic carbocycles. The summed E-state index contributed by atoms with van der Waals surface area (Å²) in [7, 11) is 0. The maximum absolute atomic E-state index is 13.1. The lowest BCUT2D eigenvalue weighted by Crippen LogP contribution is -2.63. The number of rotatable bonds is 6. The van der Waals surface area contributed by atoms with Crippen molar-refractivity contribution < 1.29 is 19.4 Å². The van der Waals surface area contributed by atoms with E-state index >= 15 is 0 Å². The molecule has 6 rings (SSSR count). The number of nitrogens with two attached hydrogens (primary N) is 1. The van der Waals surface area contributed by atoms with Crippen LogP contribution < -0.4 is 11.1 Å². The first kappa shape index (κ1) is 20.9. The minimum atomic E-state index is -0.465. The van der Waals surface area contributed by atoms with Crippen LogP contribution in [-0.2, 0) is 27.5 Å². The summed E-state index contributed by atoms with van der Waals surface area (Å²) in [4.78, 5) is 27.5. The molecule has 1 aromatic carbocycles. The molecule has 2 unspecified atom stereocenters. The van der Waals surface area contributed by atoms with Crippen molar-refractivity contribution in [1.29, 1.82) is 0 Å². The van der Waals surface area contributed by atoms with E-state index in [0.29, 0.717) is 30.9 Å². The third kappa shape index (κ3) is 3.99. The van der Waals surface area contributed by atoms with Crippen molar-refractivity contribution >= 4 is 11.8 Å². The quantitative estimate of drug-likeness (QED) is 0.632. The molecule has 7 heteroatoms. The van der Waals surface area contributed by atoms with Gasteiger partial charge in [0, 0.05) is 31.1 Å². The maximum atomic E-state index is 13.1. The van der Waals surface area contributed by atoms with Gasteiger partial charge in [0.1, 0.15) is 6.10 Å². The lowest BCUT2D eigenvalue weighted by atomic mass is 9.47. The predicted octanol–water partition coefficient (Wildman–Crippen LogP) is 1.18. The normalized spacial score (nSPS) is 37.0. The number of morpholine rings is 1. The van der Waals surface area contributed by atoms with Crippen LogP contribution in [0.4, 0.5) is 0 Å². The molecular weight excluding hydrogens is 394 g/mol. The number of aliphatic hydroxyl groups excluding tert-OH is 1. The summed E-state index contributed by atoms with van der Waals surface area (Å²) < 4.78 is 5.83. The van der Waals surface area contributed by atoms with Crippen molar-refractivity contribution in [1.82, 2.24) is 10.2 Å². The van der Waals surface area contributed by atoms with E-state index in [-0.39, 0.29) is 29.9 Å². The Balaban J connectivity index is 1.19. The first-order valence-corrected chi connectivity index (χ1v) is 11.6. The zero-order valence-corrected chi connectivity index (χ0v) is 18.0. The summed E-state index contributed by atoms with van der Waals surface area (Å²) in [6.07, 6.45) is 4.31. The van der Waals surface area contributed by atoms with Crippen LogP contribution in [0.15, 0.2) is 24.3 Å². The lowest BCUT2D eigenvalue weighted by molar-refractivity contribution is -0.151. The highest BCUT2D eigenvalue weighted by Gasteiger charge is 2.58. The van der Waals surface area contributed by atoms with Crippen LogP contribution in [0.1, 0.15) is 43.2 Å². The SMILES string of the molecule is NC(=O)C12CC3CC(C1)C(NC(=O)[C@H]1CN(Cc4ccc(CO)cc4)CCO1)C(C3)C2. The van der Waals surface area contributed by atoms with E-state index in [9.17, 15) is 14.7 Å². The van der Waals surface area contributed by atoms with Gasteiger partial charge in [0.2, 0.25) is 5.91 Å². The molecule has 1 saturated heterocycles. The minimum Gasteiger partial charge on any atom is -0.392 e. The summed E-state index contributed by atoms with van der Waals surface area (Å²) in [6, 6.07) is 8.07. The fourth-order valence-electron chi connectivity index (χ4n) is 6.83. The van der Waals surface area contributed by atoms with Gasteiger partial charge in [-0.1, -0.05) is 24.3 Å². The minimum absolute atomic E-state index is 0.0223. The average Bonchev–Trinajstić information content (AvgIpc) is 2.76. The van der Waals surface area contributed by atoms with Crippen molar-refractivity contribution in [2.45, 2.75) is 57.4 Å². The third-order valence-electron chi connectivity index (χ3n) is 8.16. The fraction of sp³-hybridized carbons (Fsp3) is 0.667. The van der Waals surface area contributed by atoms with Crippen LogP contribution in [0.25, 0.3) is 0 Å². The van der Waals surface area contributed by atoms with Gasteiger partial charge in [0.15, 0.2) is 0 Å². The highest BCUT2D eigenvalue weighted by atomic mass is 16.5. The Labute approximate surface area is 183 Å². The second kappa shape index (κ2) is 8.19. The lowest BCUT2D eigenvalue weighted by Gasteiger charge is -2.59. The van der Waals surface area contributed by atoms with Crippen molar-refractivity contribution in [3.63, 3.8) is 0 Å². The maximum Gasteiger partial charge on any atom is 0.250 e. The zero-order valence-electron chi connectivity index (χ0n) is 18.0. The van der Waals surface area contributed by atoms with Crippen molar-refractivity contribution in [3.8, 4) is 0 Å². The molecule has 7 nitrogen and oxygen atoms in total. The number of nitrogens with zero attached hydrogens (tertiary/aromatic N) is 1. The summed E-state index contributed by atoms with van der Waals surface area (Å²) in [6.45, 7) is 2.71. The summed E-state index contributed by atoms with van der Waals surface area (Å²) in [5.41, 5.74) is 7.52. The number of carbonyl (C=O) groups is 2. The highest BCUT2D eigenvalue weighted by Crippen LogP contribution is 2.59. The van der Waals surface area contributed by atoms with Gasteiger partial charge in [0.25, 0.3) is 5.91 Å². The van der Waals surface area contributed by atoms with Gasteiger partial charge in [0.05, 0.1) is 13.2 Å². The standard InChI is InChI=1S/C24H33N3O4/c25-23(30)24-9-17-7-18(10-24)21(19(8-17)11-24)26-22(29)20-13-27(5-6-31-20)12-15-1-3-16(14-28)4-2-15/h1-4,17-21,28H,5-14H2,(H2,25,30)(H,26,29)/t17?,18?,19?,20-,21?,24?/m1/s1. The molecule has 1 aromatic rings. The van der Waals surface area contributed by atoms with Gasteiger partial charge in [-0.25, -0.2) is 0 Å². The molecule has 3 atom stereocenters. The fourth-order valence-corrected chi connectivity index (χ4v) is 6.83. The molecule has 5 aliphatic rings. The zero-order chi connectivity index (χ0) is 21.6. The molecule has 4 saturated carbocycles. The molecule has 4 bridgehead atoms. The molecule has 168 valence electrons. The third-order valence-corrected chi connectivity index (χ3v) is 8.16. The van der Waals surface area contributed by atoms with Gasteiger partial charge in [-0.3, -0.25) is 14.5 Å². The number of hydrogen-bond donors (Lipinski definition) is 3. The largest absolute Gasteiger partial charge is 0.392 e. The molecule has 0 aromatic heterocycles. The van der Waals surface area contributed by atoms with Crippen LogP contribution >= 0.6 is 0 Å². The van der Waals surface area contributed by atoms with Gasteiger partial charge in [-0.05, 0) is 61.0 Å². The average molecular weight is 428 g/mol. The molecule has 31 heavy (non-hydrogen) atoms. The first-order chi connectivity index (χ1) is 15.0. The van der Waals surface area contributed by atoms with Gasteiger partial charge >= 0.3 is 0 Å². The Morgan fingerprint density at radius 3 is 2.45 bits per heavy atom. The van der Waals surface area contributed by atoms with Gasteiger partial charge in [-0.2, -0.15) is 0 Å². The topological polar surface area (TPSA) is 105 Å². The van der Waals surface area contributed by atoms with E-state index in [1.54, 1.807) is 0 Å². The molecule has 5 fully saturated rings. The Morgan fingerprint density at radius 1 is 1.13 bits per heavy atom. The van der Waals surface area contributed by atoms with Crippen molar-refractivity contribution in [3.05, 3.63) is 35.4 Å². The smallest absolute Gasteiger partial charge is 0.250 e. The van der Waals surface area contributed by atoms with Crippen LogP contribution in [-0.4, -0.2) is 53.7 Å². The van der Waals surface area contributed by atoms with Crippen LogP contribution in [0, 0.1) is 23.2 Å². The van der Waals surface area contributed by atoms with Crippen molar-refractivity contribution in [2.24, 2.45) is 28.9 Å². The molecular formula is C24H33N3O4. The second-order valence-electron chi connectivity index (χ2n) is 10.2. The summed E-state index contributed by atoms with van der Waals surface area (Å²) in [5, 5.41) is 12.5. The van der Waals surface area contributed by atoms with E-state index in [2.05, 4.69) is 10.2 Å². The second-order valence-corrected chi connectivity index (χ2v) is 10.2. The van der Waals surface area contributed by atoms with Crippen molar-refractivity contribution in [2.75, 3.05) is 19.7 Å². The predicted molar refractivity (Wildman–Crippen MR) is 114 cm³/mol. The number of hydrogen-bond acceptors (Lipinski definition) is 5. The number of amides is 2. The molecule has 4 N–H and O–H groups in total. The van der Waals surface area contributed by atoms with Crippen LogP contribution in [0.5, 0.6) is 0 Å². The van der Waals surface area contributed by atoms with E-state index in [1.165, 1.54) is 0 Å². The monoisotopic (exact) mass is 427 g/mol. The van der Waals surface area contributed by atoms with Gasteiger partial charge < -0.3 is 20.9 Å². The Morgan fingerprint density at radius 2 is 1.81 bits per heavy atom. The summed E-state index contributed by atoms with van der Waals surface area (Å²) >= 11 is 0. The first-order valence-electron chi connectivity index (χ1n) is 11.6. The Kier molecular flexibility index (Phi) is 5.52. The number of nitrogens with one attached hydrogen (secondary N) is 1. The number of ether oxygens (including phenoxy) is 1. The summed E-state index contributed by atoms with van der Waals surface area (Å²) in [5.74, 6) is 1.12. The number of benzene rings is 1. The molecule has 2 amide bonds. The van der Waals surface area contributed by atoms with Crippen LogP contribution in [0.3, 0.4) is 0 Å². The Hall–Kier alpha value is -1.96. The molecule has 0 spiro atoms. The van der Waals surface area contributed by atoms with Crippen LogP contribution in [0.2, 0.25) is 0 Å². The molecule has 1 aliphatic heterocycles. The molecule has 1 heterocycles. The Bertz CT molecular complexity index is 826.